The van der Waals surface area contributed by atoms with Crippen LogP contribution < -0.4 is 34.7 Å². The molecule has 0 heterocycles. The number of aliphatic hydroxyl groups is 1. The van der Waals surface area contributed by atoms with Gasteiger partial charge >= 0.3 is 29.6 Å². The SMILES string of the molecule is C=C=C([O-])OC(C)O.[Na+]. The predicted molar refractivity (Wildman–Crippen MR) is 25.4 cm³/mol. The molecule has 0 saturated heterocycles. The standard InChI is InChI=1S/C5H8O3.Na/c1-3-5(7)8-4(2)6;/h4,6-7H,1H2,2H3;/q;+1/p-1. The fraction of sp³-hybridized carbons (Fsp3) is 0.400. The van der Waals surface area contributed by atoms with Crippen molar-refractivity contribution in [2.45, 2.75) is 13.2 Å². The van der Waals surface area contributed by atoms with Gasteiger partial charge in [0, 0.05) is 0 Å². The van der Waals surface area contributed by atoms with Crippen molar-refractivity contribution in [3.8, 4) is 0 Å². The van der Waals surface area contributed by atoms with Gasteiger partial charge in [-0.25, -0.2) is 0 Å². The fourth-order valence-electron chi connectivity index (χ4n) is 0.197. The van der Waals surface area contributed by atoms with Crippen LogP contribution in [0.15, 0.2) is 18.3 Å². The van der Waals surface area contributed by atoms with Crippen LogP contribution in [0.2, 0.25) is 0 Å². The molecule has 9 heavy (non-hydrogen) atoms. The van der Waals surface area contributed by atoms with Crippen LogP contribution in [-0.4, -0.2) is 11.4 Å². The third-order valence-corrected chi connectivity index (χ3v) is 0.422. The largest absolute Gasteiger partial charge is 1.00 e. The van der Waals surface area contributed by atoms with Gasteiger partial charge in [-0.05, 0) is 6.92 Å². The Morgan fingerprint density at radius 2 is 2.33 bits per heavy atom. The first-order valence-electron chi connectivity index (χ1n) is 2.08. The molecular formula is C5H7NaO3. The van der Waals surface area contributed by atoms with Crippen molar-refractivity contribution in [3.05, 3.63) is 18.3 Å². The van der Waals surface area contributed by atoms with E-state index in [0.29, 0.717) is 0 Å². The van der Waals surface area contributed by atoms with E-state index in [9.17, 15) is 5.11 Å². The van der Waals surface area contributed by atoms with Crippen LogP contribution in [0.1, 0.15) is 6.92 Å². The normalized spacial score (nSPS) is 10.4. The van der Waals surface area contributed by atoms with E-state index < -0.39 is 12.2 Å². The van der Waals surface area contributed by atoms with E-state index in [1.165, 1.54) is 6.92 Å². The van der Waals surface area contributed by atoms with E-state index in [-0.39, 0.29) is 29.6 Å². The Morgan fingerprint density at radius 3 is 2.44 bits per heavy atom. The van der Waals surface area contributed by atoms with Gasteiger partial charge in [0.05, 0.1) is 5.95 Å². The zero-order chi connectivity index (χ0) is 6.57. The van der Waals surface area contributed by atoms with Crippen LogP contribution >= 0.6 is 0 Å². The molecule has 0 radical (unpaired) electrons. The van der Waals surface area contributed by atoms with Gasteiger partial charge < -0.3 is 14.9 Å². The molecule has 1 atom stereocenters. The molecule has 46 valence electrons. The van der Waals surface area contributed by atoms with Gasteiger partial charge in [0.1, 0.15) is 6.29 Å². The van der Waals surface area contributed by atoms with Crippen LogP contribution in [0.25, 0.3) is 0 Å². The predicted octanol–water partition coefficient (Wildman–Crippen LogP) is -3.67. The first kappa shape index (κ1) is 11.8. The zero-order valence-electron chi connectivity index (χ0n) is 5.55. The number of rotatable bonds is 2. The molecule has 0 aliphatic rings. The van der Waals surface area contributed by atoms with E-state index in [1.807, 2.05) is 5.73 Å². The quantitative estimate of drug-likeness (QED) is 0.185. The summed E-state index contributed by atoms with van der Waals surface area (Å²) in [4.78, 5) is 0. The topological polar surface area (TPSA) is 52.5 Å². The third-order valence-electron chi connectivity index (χ3n) is 0.422. The Labute approximate surface area is 75.9 Å². The first-order chi connectivity index (χ1) is 3.66. The zero-order valence-corrected chi connectivity index (χ0v) is 7.55. The maximum atomic E-state index is 10.1. The van der Waals surface area contributed by atoms with Crippen molar-refractivity contribution in [3.63, 3.8) is 0 Å². The van der Waals surface area contributed by atoms with Crippen LogP contribution in [0.4, 0.5) is 0 Å². The van der Waals surface area contributed by atoms with Crippen molar-refractivity contribution in [1.82, 2.24) is 0 Å². The molecular weight excluding hydrogens is 131 g/mol. The Bertz CT molecular complexity index is 115. The fourth-order valence-corrected chi connectivity index (χ4v) is 0.197. The minimum atomic E-state index is -1.07. The molecule has 0 fully saturated rings. The molecule has 3 nitrogen and oxygen atoms in total. The molecule has 0 saturated carbocycles. The van der Waals surface area contributed by atoms with Crippen LogP contribution in [0.5, 0.6) is 0 Å². The summed E-state index contributed by atoms with van der Waals surface area (Å²) < 4.78 is 4.14. The molecule has 1 N–H and O–H groups in total. The third kappa shape index (κ3) is 8.08. The second-order valence-electron chi connectivity index (χ2n) is 1.18. The van der Waals surface area contributed by atoms with Gasteiger partial charge in [-0.2, -0.15) is 0 Å². The average Bonchev–Trinajstić information content (AvgIpc) is 1.65. The number of hydrogen-bond donors (Lipinski definition) is 1. The molecule has 0 aromatic rings. The summed E-state index contributed by atoms with van der Waals surface area (Å²) >= 11 is 0. The molecule has 1 unspecified atom stereocenters. The van der Waals surface area contributed by atoms with Crippen LogP contribution in [0.3, 0.4) is 0 Å². The molecule has 4 heteroatoms. The van der Waals surface area contributed by atoms with Gasteiger partial charge in [0.15, 0.2) is 0 Å². The minimum Gasteiger partial charge on any atom is -0.581 e. The molecule has 0 aromatic carbocycles. The summed E-state index contributed by atoms with van der Waals surface area (Å²) in [7, 11) is 0. The summed E-state index contributed by atoms with van der Waals surface area (Å²) in [6.45, 7) is 4.33. The first-order valence-corrected chi connectivity index (χ1v) is 2.08. The molecule has 0 spiro atoms. The Kier molecular flexibility index (Phi) is 8.15. The number of hydrogen-bond acceptors (Lipinski definition) is 3. The summed E-state index contributed by atoms with van der Waals surface area (Å²) in [5.41, 5.74) is 1.93. The van der Waals surface area contributed by atoms with E-state index in [1.54, 1.807) is 0 Å². The maximum Gasteiger partial charge on any atom is 1.00 e. The Balaban J connectivity index is 0. The molecule has 0 aromatic heterocycles. The van der Waals surface area contributed by atoms with E-state index in [4.69, 9.17) is 5.11 Å². The molecule has 0 rings (SSSR count). The summed E-state index contributed by atoms with van der Waals surface area (Å²) in [5, 5.41) is 18.4. The van der Waals surface area contributed by atoms with Gasteiger partial charge in [-0.3, -0.25) is 0 Å². The number of ether oxygens (including phenoxy) is 1. The summed E-state index contributed by atoms with van der Waals surface area (Å²) in [6, 6.07) is 0. The van der Waals surface area contributed by atoms with Crippen molar-refractivity contribution < 1.29 is 44.5 Å². The average molecular weight is 138 g/mol. The molecule has 0 bridgehead atoms. The van der Waals surface area contributed by atoms with Crippen molar-refractivity contribution in [1.29, 1.82) is 0 Å². The van der Waals surface area contributed by atoms with Gasteiger partial charge in [0.25, 0.3) is 0 Å². The van der Waals surface area contributed by atoms with Gasteiger partial charge in [-0.1, -0.05) is 6.58 Å². The van der Waals surface area contributed by atoms with Crippen molar-refractivity contribution in [2.24, 2.45) is 0 Å². The van der Waals surface area contributed by atoms with Gasteiger partial charge in [0.2, 0.25) is 0 Å². The monoisotopic (exact) mass is 138 g/mol. The van der Waals surface area contributed by atoms with Crippen LogP contribution in [0, 0.1) is 0 Å². The number of aliphatic hydroxyl groups excluding tert-OH is 1. The second-order valence-corrected chi connectivity index (χ2v) is 1.18. The molecule has 0 aliphatic heterocycles. The van der Waals surface area contributed by atoms with Crippen molar-refractivity contribution >= 4 is 0 Å². The summed E-state index contributed by atoms with van der Waals surface area (Å²) in [5.74, 6) is -0.736. The maximum absolute atomic E-state index is 10.1. The Morgan fingerprint density at radius 1 is 1.89 bits per heavy atom. The second kappa shape index (κ2) is 6.20. The Hall–Kier alpha value is 0.0800. The van der Waals surface area contributed by atoms with E-state index >= 15 is 0 Å². The van der Waals surface area contributed by atoms with E-state index in [2.05, 4.69) is 11.3 Å². The van der Waals surface area contributed by atoms with Gasteiger partial charge in [-0.15, -0.1) is 5.73 Å². The molecule has 0 aliphatic carbocycles. The summed E-state index contributed by atoms with van der Waals surface area (Å²) in [6.07, 6.45) is -1.07. The van der Waals surface area contributed by atoms with Crippen LogP contribution in [-0.2, 0) is 4.74 Å². The minimum absolute atomic E-state index is 0. The van der Waals surface area contributed by atoms with Crippen molar-refractivity contribution in [2.75, 3.05) is 0 Å². The molecule has 0 amide bonds. The smallest absolute Gasteiger partial charge is 0.581 e. The van der Waals surface area contributed by atoms with E-state index in [0.717, 1.165) is 0 Å².